The van der Waals surface area contributed by atoms with Gasteiger partial charge in [0.05, 0.1) is 0 Å². The first-order valence-electron chi connectivity index (χ1n) is 5.05. The van der Waals surface area contributed by atoms with Crippen molar-refractivity contribution in [1.82, 2.24) is 15.5 Å². The van der Waals surface area contributed by atoms with Gasteiger partial charge in [0.1, 0.15) is 10.4 Å². The summed E-state index contributed by atoms with van der Waals surface area (Å²) in [4.78, 5) is 1.11. The molecule has 2 rings (SSSR count). The van der Waals surface area contributed by atoms with E-state index < -0.39 is 10.0 Å². The summed E-state index contributed by atoms with van der Waals surface area (Å²) in [6.45, 7) is 2.30. The average Bonchev–Trinajstić information content (AvgIpc) is 2.89. The standard InChI is InChI=1S/C9H12N4O2S3/c1-6-4-16-7(3-10-2)8(6)18(14,15)13-9-12-11-5-17-9/h4-5,10H,3H2,1-2H3,(H,12,13). The molecule has 0 atom stereocenters. The third-order valence-corrected chi connectivity index (χ3v) is 5.71. The first-order chi connectivity index (χ1) is 8.54. The number of nitrogens with one attached hydrogen (secondary N) is 2. The molecule has 2 heterocycles. The Morgan fingerprint density at radius 2 is 2.17 bits per heavy atom. The van der Waals surface area contributed by atoms with Crippen molar-refractivity contribution in [1.29, 1.82) is 0 Å². The number of hydrogen-bond acceptors (Lipinski definition) is 7. The van der Waals surface area contributed by atoms with Gasteiger partial charge in [0, 0.05) is 11.4 Å². The zero-order valence-electron chi connectivity index (χ0n) is 9.80. The highest BCUT2D eigenvalue weighted by Gasteiger charge is 2.23. The highest BCUT2D eigenvalue weighted by Crippen LogP contribution is 2.28. The number of aromatic nitrogens is 2. The fraction of sp³-hybridized carbons (Fsp3) is 0.333. The number of nitrogens with zero attached hydrogens (tertiary/aromatic N) is 2. The van der Waals surface area contributed by atoms with Gasteiger partial charge in [0.25, 0.3) is 10.0 Å². The highest BCUT2D eigenvalue weighted by atomic mass is 32.2. The zero-order valence-corrected chi connectivity index (χ0v) is 12.2. The molecule has 0 aliphatic rings. The van der Waals surface area contributed by atoms with Crippen LogP contribution in [0.3, 0.4) is 0 Å². The van der Waals surface area contributed by atoms with Crippen LogP contribution < -0.4 is 10.0 Å². The third kappa shape index (κ3) is 2.69. The number of aryl methyl sites for hydroxylation is 1. The van der Waals surface area contributed by atoms with Crippen LogP contribution in [0.15, 0.2) is 15.8 Å². The maximum atomic E-state index is 12.3. The van der Waals surface area contributed by atoms with Crippen molar-refractivity contribution in [3.63, 3.8) is 0 Å². The first-order valence-corrected chi connectivity index (χ1v) is 8.29. The lowest BCUT2D eigenvalue weighted by molar-refractivity contribution is 0.599. The molecule has 0 aromatic carbocycles. The zero-order chi connectivity index (χ0) is 13.2. The van der Waals surface area contributed by atoms with E-state index in [-0.39, 0.29) is 5.13 Å². The van der Waals surface area contributed by atoms with Crippen LogP contribution in [0, 0.1) is 6.92 Å². The van der Waals surface area contributed by atoms with Crippen LogP contribution in [0.2, 0.25) is 0 Å². The van der Waals surface area contributed by atoms with Gasteiger partial charge >= 0.3 is 0 Å². The Hall–Kier alpha value is -1.03. The molecule has 2 aromatic heterocycles. The molecular weight excluding hydrogens is 292 g/mol. The van der Waals surface area contributed by atoms with E-state index in [9.17, 15) is 8.42 Å². The summed E-state index contributed by atoms with van der Waals surface area (Å²) in [5, 5.41) is 12.4. The van der Waals surface area contributed by atoms with E-state index in [1.807, 2.05) is 5.38 Å². The molecule has 0 amide bonds. The summed E-state index contributed by atoms with van der Waals surface area (Å²) in [6.07, 6.45) is 0. The second-order valence-electron chi connectivity index (χ2n) is 3.55. The van der Waals surface area contributed by atoms with Crippen molar-refractivity contribution in [3.05, 3.63) is 21.3 Å². The van der Waals surface area contributed by atoms with E-state index in [0.717, 1.165) is 21.8 Å². The van der Waals surface area contributed by atoms with E-state index >= 15 is 0 Å². The predicted molar refractivity (Wildman–Crippen MR) is 72.5 cm³/mol. The Bertz CT molecular complexity index is 618. The van der Waals surface area contributed by atoms with Crippen LogP contribution in [0.5, 0.6) is 0 Å². The van der Waals surface area contributed by atoms with Crippen LogP contribution in [-0.4, -0.2) is 25.7 Å². The second-order valence-corrected chi connectivity index (χ2v) is 6.97. The minimum atomic E-state index is -3.60. The van der Waals surface area contributed by atoms with Crippen molar-refractivity contribution >= 4 is 37.8 Å². The fourth-order valence-corrected chi connectivity index (χ4v) is 5.03. The molecule has 0 aliphatic heterocycles. The van der Waals surface area contributed by atoms with Gasteiger partial charge in [-0.2, -0.15) is 0 Å². The molecule has 0 radical (unpaired) electrons. The monoisotopic (exact) mass is 304 g/mol. The molecule has 2 N–H and O–H groups in total. The molecule has 0 saturated carbocycles. The molecule has 0 aliphatic carbocycles. The van der Waals surface area contributed by atoms with Gasteiger partial charge in [-0.25, -0.2) is 8.42 Å². The maximum Gasteiger partial charge on any atom is 0.265 e. The number of hydrogen-bond donors (Lipinski definition) is 2. The summed E-state index contributed by atoms with van der Waals surface area (Å²) in [5.74, 6) is 0. The van der Waals surface area contributed by atoms with Crippen LogP contribution in [0.25, 0.3) is 0 Å². The molecule has 0 unspecified atom stereocenters. The lowest BCUT2D eigenvalue weighted by Crippen LogP contribution is -2.16. The van der Waals surface area contributed by atoms with Crippen molar-refractivity contribution in [3.8, 4) is 0 Å². The Balaban J connectivity index is 2.37. The summed E-state index contributed by atoms with van der Waals surface area (Å²) in [6, 6.07) is 0. The van der Waals surface area contributed by atoms with Crippen LogP contribution >= 0.6 is 22.7 Å². The van der Waals surface area contributed by atoms with Gasteiger partial charge < -0.3 is 5.32 Å². The van der Waals surface area contributed by atoms with E-state index in [0.29, 0.717) is 11.4 Å². The summed E-state index contributed by atoms with van der Waals surface area (Å²) in [5.41, 5.74) is 2.22. The van der Waals surface area contributed by atoms with Crippen LogP contribution in [-0.2, 0) is 16.6 Å². The van der Waals surface area contributed by atoms with Crippen LogP contribution in [0.1, 0.15) is 10.4 Å². The lowest BCUT2D eigenvalue weighted by Gasteiger charge is -2.07. The number of sulfonamides is 1. The molecule has 0 bridgehead atoms. The Morgan fingerprint density at radius 3 is 2.78 bits per heavy atom. The number of anilines is 1. The minimum absolute atomic E-state index is 0.274. The van der Waals surface area contributed by atoms with Gasteiger partial charge in [0.2, 0.25) is 5.13 Å². The Labute approximate surface area is 113 Å². The molecular formula is C9H12N4O2S3. The first kappa shape index (κ1) is 13.4. The second kappa shape index (κ2) is 5.31. The molecule has 9 heteroatoms. The molecule has 0 spiro atoms. The fourth-order valence-electron chi connectivity index (χ4n) is 1.51. The van der Waals surface area contributed by atoms with Crippen molar-refractivity contribution in [2.24, 2.45) is 0 Å². The molecule has 2 aromatic rings. The average molecular weight is 304 g/mol. The van der Waals surface area contributed by atoms with Gasteiger partial charge in [-0.05, 0) is 24.9 Å². The van der Waals surface area contributed by atoms with Gasteiger partial charge in [0.15, 0.2) is 0 Å². The molecule has 6 nitrogen and oxygen atoms in total. The van der Waals surface area contributed by atoms with Crippen molar-refractivity contribution < 1.29 is 8.42 Å². The maximum absolute atomic E-state index is 12.3. The highest BCUT2D eigenvalue weighted by molar-refractivity contribution is 7.93. The van der Waals surface area contributed by atoms with E-state index in [4.69, 9.17) is 0 Å². The number of thiophene rings is 1. The molecule has 0 saturated heterocycles. The molecule has 18 heavy (non-hydrogen) atoms. The van der Waals surface area contributed by atoms with E-state index in [1.54, 1.807) is 14.0 Å². The minimum Gasteiger partial charge on any atom is -0.315 e. The van der Waals surface area contributed by atoms with Gasteiger partial charge in [-0.15, -0.1) is 21.5 Å². The summed E-state index contributed by atoms with van der Waals surface area (Å²) >= 11 is 2.57. The Kier molecular flexibility index (Phi) is 3.95. The third-order valence-electron chi connectivity index (χ3n) is 2.18. The van der Waals surface area contributed by atoms with Crippen molar-refractivity contribution in [2.45, 2.75) is 18.4 Å². The smallest absolute Gasteiger partial charge is 0.265 e. The van der Waals surface area contributed by atoms with E-state index in [1.165, 1.54) is 16.8 Å². The molecule has 0 fully saturated rings. The van der Waals surface area contributed by atoms with Crippen LogP contribution in [0.4, 0.5) is 5.13 Å². The Morgan fingerprint density at radius 1 is 1.39 bits per heavy atom. The largest absolute Gasteiger partial charge is 0.315 e. The summed E-state index contributed by atoms with van der Waals surface area (Å²) < 4.78 is 27.0. The quantitative estimate of drug-likeness (QED) is 0.873. The predicted octanol–water partition coefficient (Wildman–Crippen LogP) is 1.43. The molecule has 98 valence electrons. The lowest BCUT2D eigenvalue weighted by atomic mass is 10.3. The normalized spacial score (nSPS) is 11.7. The SMILES string of the molecule is CNCc1scc(C)c1S(=O)(=O)Nc1nncs1. The van der Waals surface area contributed by atoms with Gasteiger partial charge in [-0.1, -0.05) is 11.3 Å². The van der Waals surface area contributed by atoms with Gasteiger partial charge in [-0.3, -0.25) is 4.72 Å². The van der Waals surface area contributed by atoms with Crippen molar-refractivity contribution in [2.75, 3.05) is 11.8 Å². The van der Waals surface area contributed by atoms with E-state index in [2.05, 4.69) is 20.2 Å². The topological polar surface area (TPSA) is 84.0 Å². The number of rotatable bonds is 5. The summed E-state index contributed by atoms with van der Waals surface area (Å²) in [7, 11) is -1.81.